The molecule has 0 fully saturated rings. The van der Waals surface area contributed by atoms with Crippen molar-refractivity contribution in [1.29, 1.82) is 5.26 Å². The summed E-state index contributed by atoms with van der Waals surface area (Å²) in [4.78, 5) is 4.65. The molecular formula is C24H17N3S. The second kappa shape index (κ2) is 8.34. The maximum absolute atomic E-state index is 9.51. The van der Waals surface area contributed by atoms with Crippen LogP contribution in [0.25, 0.3) is 28.0 Å². The molecule has 0 aliphatic rings. The minimum atomic E-state index is 0.515. The smallest absolute Gasteiger partial charge is 0.136 e. The van der Waals surface area contributed by atoms with E-state index in [1.54, 1.807) is 6.20 Å². The van der Waals surface area contributed by atoms with E-state index in [2.05, 4.69) is 52.8 Å². The Hall–Kier alpha value is -3.68. The highest BCUT2D eigenvalue weighted by Crippen LogP contribution is 2.28. The average Bonchev–Trinajstić information content (AvgIpc) is 3.26. The number of hydrogen-bond donors (Lipinski definition) is 1. The first-order chi connectivity index (χ1) is 13.8. The van der Waals surface area contributed by atoms with Crippen molar-refractivity contribution >= 4 is 22.6 Å². The van der Waals surface area contributed by atoms with Crippen LogP contribution in [-0.4, -0.2) is 4.98 Å². The van der Waals surface area contributed by atoms with E-state index < -0.39 is 0 Å². The summed E-state index contributed by atoms with van der Waals surface area (Å²) in [5, 5.41) is 15.3. The van der Waals surface area contributed by atoms with Gasteiger partial charge >= 0.3 is 0 Å². The van der Waals surface area contributed by atoms with E-state index in [-0.39, 0.29) is 0 Å². The Morgan fingerprint density at radius 1 is 0.821 bits per heavy atom. The van der Waals surface area contributed by atoms with Gasteiger partial charge in [0.25, 0.3) is 0 Å². The van der Waals surface area contributed by atoms with Crippen molar-refractivity contribution in [3.8, 4) is 28.5 Å². The maximum Gasteiger partial charge on any atom is 0.136 e. The van der Waals surface area contributed by atoms with Crippen molar-refractivity contribution in [2.24, 2.45) is 0 Å². The topological polar surface area (TPSA) is 48.7 Å². The predicted molar refractivity (Wildman–Crippen MR) is 117 cm³/mol. The molecule has 0 atom stereocenters. The second-order valence-electron chi connectivity index (χ2n) is 6.16. The largest absolute Gasteiger partial charge is 0.360 e. The zero-order valence-electron chi connectivity index (χ0n) is 15.0. The van der Waals surface area contributed by atoms with Crippen LogP contribution in [0.4, 0.5) is 5.69 Å². The highest BCUT2D eigenvalue weighted by atomic mass is 32.1. The van der Waals surface area contributed by atoms with Gasteiger partial charge in [-0.25, -0.2) is 4.98 Å². The van der Waals surface area contributed by atoms with Gasteiger partial charge in [0.2, 0.25) is 0 Å². The van der Waals surface area contributed by atoms with E-state index >= 15 is 0 Å². The molecule has 4 aromatic rings. The lowest BCUT2D eigenvalue weighted by Crippen LogP contribution is -1.90. The zero-order valence-corrected chi connectivity index (χ0v) is 15.9. The van der Waals surface area contributed by atoms with Gasteiger partial charge < -0.3 is 5.32 Å². The molecule has 3 aromatic carbocycles. The summed E-state index contributed by atoms with van der Waals surface area (Å²) in [5.74, 6) is 0. The van der Waals surface area contributed by atoms with Crippen LogP contribution in [0.1, 0.15) is 5.01 Å². The van der Waals surface area contributed by atoms with Crippen molar-refractivity contribution in [3.05, 3.63) is 102 Å². The summed E-state index contributed by atoms with van der Waals surface area (Å²) < 4.78 is 0. The van der Waals surface area contributed by atoms with Gasteiger partial charge in [-0.05, 0) is 23.3 Å². The van der Waals surface area contributed by atoms with Crippen LogP contribution in [0.3, 0.4) is 0 Å². The van der Waals surface area contributed by atoms with Crippen molar-refractivity contribution in [1.82, 2.24) is 4.98 Å². The van der Waals surface area contributed by atoms with E-state index in [1.807, 2.05) is 53.9 Å². The first-order valence-corrected chi connectivity index (χ1v) is 9.75. The quantitative estimate of drug-likeness (QED) is 0.405. The molecule has 0 aliphatic carbocycles. The second-order valence-corrected chi connectivity index (χ2v) is 7.02. The van der Waals surface area contributed by atoms with E-state index in [1.165, 1.54) is 22.5 Å². The van der Waals surface area contributed by atoms with Crippen molar-refractivity contribution in [3.63, 3.8) is 0 Å². The summed E-state index contributed by atoms with van der Waals surface area (Å²) in [6.45, 7) is 0. The number of para-hydroxylation sites is 1. The molecule has 0 aliphatic heterocycles. The fourth-order valence-corrected chi connectivity index (χ4v) is 3.62. The minimum absolute atomic E-state index is 0.515. The molecule has 0 saturated carbocycles. The van der Waals surface area contributed by atoms with Crippen molar-refractivity contribution in [2.45, 2.75) is 0 Å². The van der Waals surface area contributed by atoms with Crippen LogP contribution in [0.2, 0.25) is 0 Å². The Morgan fingerprint density at radius 3 is 2.11 bits per heavy atom. The Balaban J connectivity index is 1.54. The molecule has 0 saturated heterocycles. The molecule has 0 amide bonds. The van der Waals surface area contributed by atoms with Crippen LogP contribution in [0.5, 0.6) is 0 Å². The first kappa shape index (κ1) is 17.7. The average molecular weight is 379 g/mol. The van der Waals surface area contributed by atoms with Crippen molar-refractivity contribution in [2.75, 3.05) is 5.32 Å². The van der Waals surface area contributed by atoms with Crippen LogP contribution in [0.15, 0.2) is 96.5 Å². The number of aromatic nitrogens is 1. The van der Waals surface area contributed by atoms with Gasteiger partial charge in [-0.1, -0.05) is 72.8 Å². The van der Waals surface area contributed by atoms with Gasteiger partial charge in [0.15, 0.2) is 0 Å². The molecule has 134 valence electrons. The van der Waals surface area contributed by atoms with Crippen LogP contribution >= 0.6 is 11.3 Å². The third-order valence-electron chi connectivity index (χ3n) is 4.30. The molecule has 4 rings (SSSR count). The lowest BCUT2D eigenvalue weighted by molar-refractivity contribution is 1.36. The van der Waals surface area contributed by atoms with E-state index in [4.69, 9.17) is 0 Å². The molecule has 4 heteroatoms. The Bertz CT molecular complexity index is 1120. The minimum Gasteiger partial charge on any atom is -0.360 e. The molecule has 0 radical (unpaired) electrons. The Morgan fingerprint density at radius 2 is 1.43 bits per heavy atom. The number of benzene rings is 3. The van der Waals surface area contributed by atoms with Crippen LogP contribution < -0.4 is 5.32 Å². The molecule has 1 aromatic heterocycles. The monoisotopic (exact) mass is 379 g/mol. The molecule has 1 N–H and O–H groups in total. The standard InChI is InChI=1S/C24H17N3S/c25-15-21(16-26-22-9-5-2-6-10-22)24-27-23(17-28-24)20-13-11-19(12-14-20)18-7-3-1-4-8-18/h1-14,16-17,26H/b21-16-. The number of allylic oxidation sites excluding steroid dienone is 1. The number of nitriles is 1. The number of thiazole rings is 1. The van der Waals surface area contributed by atoms with Gasteiger partial charge in [-0.15, -0.1) is 11.3 Å². The SMILES string of the molecule is N#C/C(=C/Nc1ccccc1)c1nc(-c2ccc(-c3ccccc3)cc2)cs1. The zero-order chi connectivity index (χ0) is 19.2. The van der Waals surface area contributed by atoms with Gasteiger partial charge in [0, 0.05) is 22.8 Å². The highest BCUT2D eigenvalue weighted by Gasteiger charge is 2.09. The molecule has 28 heavy (non-hydrogen) atoms. The molecule has 1 heterocycles. The lowest BCUT2D eigenvalue weighted by Gasteiger charge is -2.03. The molecule has 0 spiro atoms. The van der Waals surface area contributed by atoms with E-state index in [9.17, 15) is 5.26 Å². The van der Waals surface area contributed by atoms with Gasteiger partial charge in [-0.3, -0.25) is 0 Å². The lowest BCUT2D eigenvalue weighted by atomic mass is 10.0. The number of rotatable bonds is 5. The van der Waals surface area contributed by atoms with Gasteiger partial charge in [0.1, 0.15) is 16.6 Å². The van der Waals surface area contributed by atoms with Crippen molar-refractivity contribution < 1.29 is 0 Å². The summed E-state index contributed by atoms with van der Waals surface area (Å²) in [6, 6.07) is 30.6. The molecule has 3 nitrogen and oxygen atoms in total. The van der Waals surface area contributed by atoms with Crippen LogP contribution in [-0.2, 0) is 0 Å². The Kier molecular flexibility index (Phi) is 5.28. The molecular weight excluding hydrogens is 362 g/mol. The third kappa shape index (κ3) is 4.01. The predicted octanol–water partition coefficient (Wildman–Crippen LogP) is 6.45. The van der Waals surface area contributed by atoms with Crippen LogP contribution in [0, 0.1) is 11.3 Å². The molecule has 0 unspecified atom stereocenters. The third-order valence-corrected chi connectivity index (χ3v) is 5.18. The Labute approximate surface area is 168 Å². The fourth-order valence-electron chi connectivity index (χ4n) is 2.83. The van der Waals surface area contributed by atoms with E-state index in [0.717, 1.165) is 16.9 Å². The number of nitrogens with one attached hydrogen (secondary N) is 1. The number of nitrogens with zero attached hydrogens (tertiary/aromatic N) is 2. The summed E-state index contributed by atoms with van der Waals surface area (Å²) >= 11 is 1.47. The molecule has 0 bridgehead atoms. The summed E-state index contributed by atoms with van der Waals surface area (Å²) in [5.41, 5.74) is 5.72. The maximum atomic E-state index is 9.51. The van der Waals surface area contributed by atoms with E-state index in [0.29, 0.717) is 10.6 Å². The number of hydrogen-bond acceptors (Lipinski definition) is 4. The fraction of sp³-hybridized carbons (Fsp3) is 0. The summed E-state index contributed by atoms with van der Waals surface area (Å²) in [7, 11) is 0. The van der Waals surface area contributed by atoms with Gasteiger partial charge in [-0.2, -0.15) is 5.26 Å². The highest BCUT2D eigenvalue weighted by molar-refractivity contribution is 7.11. The first-order valence-electron chi connectivity index (χ1n) is 8.87. The number of anilines is 1. The normalized spacial score (nSPS) is 11.0. The van der Waals surface area contributed by atoms with Gasteiger partial charge in [0.05, 0.1) is 5.69 Å². The summed E-state index contributed by atoms with van der Waals surface area (Å²) in [6.07, 6.45) is 1.70.